The molecule has 0 aromatic heterocycles. The van der Waals surface area contributed by atoms with Crippen LogP contribution in [0.4, 0.5) is 4.39 Å². The van der Waals surface area contributed by atoms with E-state index in [1.165, 1.54) is 6.07 Å². The van der Waals surface area contributed by atoms with Crippen molar-refractivity contribution < 1.29 is 14.3 Å². The third-order valence-corrected chi connectivity index (χ3v) is 4.51. The molecule has 1 aromatic carbocycles. The number of hydrogen-bond donors (Lipinski definition) is 2. The van der Waals surface area contributed by atoms with Crippen LogP contribution in [-0.4, -0.2) is 23.7 Å². The maximum atomic E-state index is 13.7. The van der Waals surface area contributed by atoms with Gasteiger partial charge in [-0.1, -0.05) is 44.9 Å². The molecule has 1 saturated carbocycles. The summed E-state index contributed by atoms with van der Waals surface area (Å²) >= 11 is 0. The fourth-order valence-corrected chi connectivity index (χ4v) is 2.94. The molecule has 0 spiro atoms. The molecule has 1 amide bonds. The minimum absolute atomic E-state index is 0.0171. The van der Waals surface area contributed by atoms with Crippen LogP contribution in [0, 0.1) is 17.7 Å². The molecule has 4 heteroatoms. The van der Waals surface area contributed by atoms with E-state index in [1.807, 2.05) is 13.8 Å². The van der Waals surface area contributed by atoms with Gasteiger partial charge in [0.25, 0.3) is 0 Å². The number of aliphatic hydroxyl groups is 1. The molecular formula is C17H24FNO2. The average molecular weight is 293 g/mol. The summed E-state index contributed by atoms with van der Waals surface area (Å²) in [7, 11) is 0. The molecule has 0 heterocycles. The molecule has 3 atom stereocenters. The highest BCUT2D eigenvalue weighted by Gasteiger charge is 2.45. The predicted molar refractivity (Wildman–Crippen MR) is 80.3 cm³/mol. The number of nitrogens with one attached hydrogen (secondary N) is 1. The number of benzene rings is 1. The Bertz CT molecular complexity index is 487. The van der Waals surface area contributed by atoms with Crippen LogP contribution in [0.25, 0.3) is 0 Å². The van der Waals surface area contributed by atoms with Gasteiger partial charge >= 0.3 is 0 Å². The van der Waals surface area contributed by atoms with Crippen LogP contribution >= 0.6 is 0 Å². The maximum Gasteiger partial charge on any atom is 0.223 e. The van der Waals surface area contributed by atoms with Gasteiger partial charge in [-0.15, -0.1) is 0 Å². The molecular weight excluding hydrogens is 269 g/mol. The van der Waals surface area contributed by atoms with E-state index in [-0.39, 0.29) is 36.0 Å². The first-order valence-corrected chi connectivity index (χ1v) is 7.78. The van der Waals surface area contributed by atoms with Crippen LogP contribution in [0.5, 0.6) is 0 Å². The normalized spacial score (nSPS) is 22.1. The van der Waals surface area contributed by atoms with Gasteiger partial charge in [-0.2, -0.15) is 0 Å². The van der Waals surface area contributed by atoms with E-state index in [9.17, 15) is 14.3 Å². The Balaban J connectivity index is 1.83. The molecule has 1 aromatic rings. The molecule has 0 bridgehead atoms. The zero-order chi connectivity index (χ0) is 15.4. The molecule has 1 fully saturated rings. The highest BCUT2D eigenvalue weighted by Crippen LogP contribution is 2.48. The van der Waals surface area contributed by atoms with Crippen LogP contribution in [0.1, 0.15) is 44.6 Å². The Kier molecular flexibility index (Phi) is 5.34. The van der Waals surface area contributed by atoms with Gasteiger partial charge in [0, 0.05) is 12.5 Å². The monoisotopic (exact) mass is 293 g/mol. The van der Waals surface area contributed by atoms with Crippen LogP contribution in [-0.2, 0) is 4.79 Å². The summed E-state index contributed by atoms with van der Waals surface area (Å²) in [6.07, 6.45) is 1.98. The molecule has 21 heavy (non-hydrogen) atoms. The second-order valence-corrected chi connectivity index (χ2v) is 5.86. The molecule has 3 unspecified atom stereocenters. The van der Waals surface area contributed by atoms with Crippen LogP contribution < -0.4 is 5.32 Å². The van der Waals surface area contributed by atoms with E-state index >= 15 is 0 Å². The largest absolute Gasteiger partial charge is 0.391 e. The third-order valence-electron chi connectivity index (χ3n) is 4.51. The molecule has 2 rings (SSSR count). The summed E-state index contributed by atoms with van der Waals surface area (Å²) in [4.78, 5) is 12.1. The van der Waals surface area contributed by atoms with Gasteiger partial charge in [-0.3, -0.25) is 4.79 Å². The van der Waals surface area contributed by atoms with E-state index in [0.29, 0.717) is 12.0 Å². The first kappa shape index (κ1) is 16.0. The number of hydrogen-bond acceptors (Lipinski definition) is 2. The van der Waals surface area contributed by atoms with Gasteiger partial charge in [-0.05, 0) is 29.9 Å². The second kappa shape index (κ2) is 7.03. The van der Waals surface area contributed by atoms with Gasteiger partial charge in [0.15, 0.2) is 0 Å². The number of amides is 1. The predicted octanol–water partition coefficient (Wildman–Crippen LogP) is 2.84. The first-order chi connectivity index (χ1) is 10.1. The maximum absolute atomic E-state index is 13.7. The molecule has 1 aliphatic carbocycles. The first-order valence-electron chi connectivity index (χ1n) is 7.78. The number of halogens is 1. The van der Waals surface area contributed by atoms with E-state index in [0.717, 1.165) is 12.8 Å². The van der Waals surface area contributed by atoms with E-state index in [2.05, 4.69) is 5.32 Å². The number of carbonyl (C=O) groups is 1. The second-order valence-electron chi connectivity index (χ2n) is 5.86. The van der Waals surface area contributed by atoms with E-state index < -0.39 is 6.10 Å². The smallest absolute Gasteiger partial charge is 0.223 e. The van der Waals surface area contributed by atoms with Crippen molar-refractivity contribution >= 4 is 5.91 Å². The topological polar surface area (TPSA) is 49.3 Å². The zero-order valence-corrected chi connectivity index (χ0v) is 12.7. The Morgan fingerprint density at radius 1 is 1.38 bits per heavy atom. The molecule has 0 radical (unpaired) electrons. The Labute approximate surface area is 125 Å². The highest BCUT2D eigenvalue weighted by atomic mass is 19.1. The standard InChI is InChI=1S/C17H24FNO2/c1-3-11(4-2)16(20)10-19-17(21)14-9-13(14)12-7-5-6-8-15(12)18/h5-8,11,13-14,16,20H,3-4,9-10H2,1-2H3,(H,19,21). The summed E-state index contributed by atoms with van der Waals surface area (Å²) in [5, 5.41) is 12.8. The van der Waals surface area contributed by atoms with Crippen LogP contribution in [0.15, 0.2) is 24.3 Å². The van der Waals surface area contributed by atoms with Gasteiger partial charge < -0.3 is 10.4 Å². The SMILES string of the molecule is CCC(CC)C(O)CNC(=O)C1CC1c1ccccc1F. The number of rotatable bonds is 7. The third kappa shape index (κ3) is 3.82. The fourth-order valence-electron chi connectivity index (χ4n) is 2.94. The zero-order valence-electron chi connectivity index (χ0n) is 12.7. The highest BCUT2D eigenvalue weighted by molar-refractivity contribution is 5.82. The van der Waals surface area contributed by atoms with Crippen LogP contribution in [0.2, 0.25) is 0 Å². The number of aliphatic hydroxyl groups excluding tert-OH is 1. The van der Waals surface area contributed by atoms with Gasteiger partial charge in [0.1, 0.15) is 5.82 Å². The van der Waals surface area contributed by atoms with Gasteiger partial charge in [0.2, 0.25) is 5.91 Å². The minimum Gasteiger partial charge on any atom is -0.391 e. The van der Waals surface area contributed by atoms with E-state index in [4.69, 9.17) is 0 Å². The Morgan fingerprint density at radius 3 is 2.67 bits per heavy atom. The van der Waals surface area contributed by atoms with E-state index in [1.54, 1.807) is 18.2 Å². The summed E-state index contributed by atoms with van der Waals surface area (Å²) in [6, 6.07) is 6.62. The lowest BCUT2D eigenvalue weighted by Crippen LogP contribution is -2.37. The number of carbonyl (C=O) groups excluding carboxylic acids is 1. The quantitative estimate of drug-likeness (QED) is 0.812. The molecule has 0 saturated heterocycles. The summed E-state index contributed by atoms with van der Waals surface area (Å²) in [6.45, 7) is 4.36. The van der Waals surface area contributed by atoms with Crippen LogP contribution in [0.3, 0.4) is 0 Å². The van der Waals surface area contributed by atoms with Crippen molar-refractivity contribution in [1.29, 1.82) is 0 Å². The molecule has 2 N–H and O–H groups in total. The Morgan fingerprint density at radius 2 is 2.05 bits per heavy atom. The van der Waals surface area contributed by atoms with Crippen molar-refractivity contribution in [3.05, 3.63) is 35.6 Å². The average Bonchev–Trinajstić information content (AvgIpc) is 3.27. The molecule has 116 valence electrons. The van der Waals surface area contributed by atoms with Gasteiger partial charge in [0.05, 0.1) is 6.10 Å². The fraction of sp³-hybridized carbons (Fsp3) is 0.588. The Hall–Kier alpha value is -1.42. The van der Waals surface area contributed by atoms with Gasteiger partial charge in [-0.25, -0.2) is 4.39 Å². The molecule has 0 aliphatic heterocycles. The lowest BCUT2D eigenvalue weighted by atomic mass is 9.96. The lowest BCUT2D eigenvalue weighted by molar-refractivity contribution is -0.123. The molecule has 3 nitrogen and oxygen atoms in total. The lowest BCUT2D eigenvalue weighted by Gasteiger charge is -2.20. The van der Waals surface area contributed by atoms with Crippen molar-refractivity contribution in [1.82, 2.24) is 5.32 Å². The van der Waals surface area contributed by atoms with Crippen molar-refractivity contribution in [2.75, 3.05) is 6.54 Å². The van der Waals surface area contributed by atoms with Crippen molar-refractivity contribution in [3.8, 4) is 0 Å². The van der Waals surface area contributed by atoms with Crippen molar-refractivity contribution in [2.24, 2.45) is 11.8 Å². The van der Waals surface area contributed by atoms with Crippen molar-refractivity contribution in [2.45, 2.75) is 45.1 Å². The molecule has 1 aliphatic rings. The minimum atomic E-state index is -0.505. The van der Waals surface area contributed by atoms with Crippen molar-refractivity contribution in [3.63, 3.8) is 0 Å². The summed E-state index contributed by atoms with van der Waals surface area (Å²) < 4.78 is 13.7. The summed E-state index contributed by atoms with van der Waals surface area (Å²) in [5.41, 5.74) is 0.623. The summed E-state index contributed by atoms with van der Waals surface area (Å²) in [5.74, 6) is -0.276.